The Hall–Kier alpha value is -0.220. The molecular formula is C13H26F2N2. The molecule has 0 aromatic rings. The number of likely N-dealkylation sites (N-methyl/N-ethyl adjacent to an activating group) is 2. The van der Waals surface area contributed by atoms with Gasteiger partial charge in [0.05, 0.1) is 0 Å². The molecule has 0 bridgehead atoms. The first-order valence-electron chi connectivity index (χ1n) is 6.69. The van der Waals surface area contributed by atoms with Gasteiger partial charge in [0, 0.05) is 25.4 Å². The van der Waals surface area contributed by atoms with Gasteiger partial charge in [0.15, 0.2) is 0 Å². The van der Waals surface area contributed by atoms with Crippen molar-refractivity contribution < 1.29 is 8.78 Å². The van der Waals surface area contributed by atoms with E-state index in [9.17, 15) is 8.78 Å². The van der Waals surface area contributed by atoms with Crippen LogP contribution in [-0.2, 0) is 0 Å². The molecule has 0 radical (unpaired) electrons. The Morgan fingerprint density at radius 2 is 2.12 bits per heavy atom. The summed E-state index contributed by atoms with van der Waals surface area (Å²) < 4.78 is 26.6. The van der Waals surface area contributed by atoms with Crippen LogP contribution in [0.5, 0.6) is 0 Å². The van der Waals surface area contributed by atoms with Crippen LogP contribution in [0.15, 0.2) is 0 Å². The van der Waals surface area contributed by atoms with E-state index in [0.717, 1.165) is 25.9 Å². The third-order valence-electron chi connectivity index (χ3n) is 3.44. The van der Waals surface area contributed by atoms with E-state index in [2.05, 4.69) is 17.1 Å². The molecule has 0 saturated heterocycles. The highest BCUT2D eigenvalue weighted by Gasteiger charge is 2.36. The lowest BCUT2D eigenvalue weighted by atomic mass is 9.82. The van der Waals surface area contributed by atoms with Crippen LogP contribution in [-0.4, -0.2) is 44.0 Å². The molecule has 2 unspecified atom stereocenters. The lowest BCUT2D eigenvalue weighted by molar-refractivity contribution is -0.0549. The van der Waals surface area contributed by atoms with Crippen LogP contribution in [0.3, 0.4) is 0 Å². The van der Waals surface area contributed by atoms with Crippen molar-refractivity contribution in [2.75, 3.05) is 27.2 Å². The van der Waals surface area contributed by atoms with Gasteiger partial charge in [-0.3, -0.25) is 0 Å². The summed E-state index contributed by atoms with van der Waals surface area (Å²) >= 11 is 0. The molecule has 0 spiro atoms. The Bertz CT molecular complexity index is 217. The van der Waals surface area contributed by atoms with Crippen LogP contribution in [0.2, 0.25) is 0 Å². The van der Waals surface area contributed by atoms with Gasteiger partial charge < -0.3 is 10.2 Å². The van der Waals surface area contributed by atoms with E-state index in [1.807, 2.05) is 14.1 Å². The highest BCUT2D eigenvalue weighted by Crippen LogP contribution is 2.38. The number of hydrogen-bond acceptors (Lipinski definition) is 2. The lowest BCUT2D eigenvalue weighted by Gasteiger charge is -2.32. The summed E-state index contributed by atoms with van der Waals surface area (Å²) in [6, 6.07) is 0.342. The molecule has 4 heteroatoms. The third-order valence-corrected chi connectivity index (χ3v) is 3.44. The molecule has 1 N–H and O–H groups in total. The fourth-order valence-electron chi connectivity index (χ4n) is 2.83. The van der Waals surface area contributed by atoms with Gasteiger partial charge in [-0.05, 0) is 45.8 Å². The molecule has 1 fully saturated rings. The molecule has 0 aromatic carbocycles. The van der Waals surface area contributed by atoms with E-state index < -0.39 is 5.92 Å². The normalized spacial score (nSPS) is 26.1. The molecular weight excluding hydrogens is 222 g/mol. The fraction of sp³-hybridized carbons (Fsp3) is 1.00. The first-order chi connectivity index (χ1) is 7.93. The van der Waals surface area contributed by atoms with Crippen LogP contribution in [0.4, 0.5) is 8.78 Å². The summed E-state index contributed by atoms with van der Waals surface area (Å²) in [5, 5.41) is 3.40. The highest BCUT2D eigenvalue weighted by molar-refractivity contribution is 4.82. The molecule has 1 aliphatic rings. The second-order valence-electron chi connectivity index (χ2n) is 5.57. The summed E-state index contributed by atoms with van der Waals surface area (Å²) in [7, 11) is 4.06. The maximum absolute atomic E-state index is 13.3. The molecule has 0 aromatic heterocycles. The molecule has 2 nitrogen and oxygen atoms in total. The van der Waals surface area contributed by atoms with Crippen molar-refractivity contribution in [3.63, 3.8) is 0 Å². The number of rotatable bonds is 6. The molecule has 0 amide bonds. The van der Waals surface area contributed by atoms with E-state index in [4.69, 9.17) is 0 Å². The molecule has 0 heterocycles. The summed E-state index contributed by atoms with van der Waals surface area (Å²) in [4.78, 5) is 2.12. The zero-order valence-electron chi connectivity index (χ0n) is 11.3. The standard InChI is InChI=1S/C13H26F2N2/c1-4-16-12(10-17(2)3)8-11-6-5-7-13(14,15)9-11/h11-12,16H,4-10H2,1-3H3. The Morgan fingerprint density at radius 3 is 2.65 bits per heavy atom. The lowest BCUT2D eigenvalue weighted by Crippen LogP contribution is -2.41. The number of hydrogen-bond donors (Lipinski definition) is 1. The van der Waals surface area contributed by atoms with E-state index in [-0.39, 0.29) is 18.8 Å². The molecule has 102 valence electrons. The van der Waals surface area contributed by atoms with Crippen LogP contribution in [0, 0.1) is 5.92 Å². The molecule has 17 heavy (non-hydrogen) atoms. The fourth-order valence-corrected chi connectivity index (χ4v) is 2.83. The van der Waals surface area contributed by atoms with Crippen molar-refractivity contribution >= 4 is 0 Å². The van der Waals surface area contributed by atoms with Crippen molar-refractivity contribution in [2.45, 2.75) is 51.0 Å². The van der Waals surface area contributed by atoms with Gasteiger partial charge in [-0.2, -0.15) is 0 Å². The van der Waals surface area contributed by atoms with Crippen molar-refractivity contribution in [3.8, 4) is 0 Å². The van der Waals surface area contributed by atoms with Crippen molar-refractivity contribution in [1.29, 1.82) is 0 Å². The second kappa shape index (κ2) is 6.64. The van der Waals surface area contributed by atoms with Crippen LogP contribution < -0.4 is 5.32 Å². The number of nitrogens with one attached hydrogen (secondary N) is 1. The topological polar surface area (TPSA) is 15.3 Å². The Morgan fingerprint density at radius 1 is 1.41 bits per heavy atom. The summed E-state index contributed by atoms with van der Waals surface area (Å²) in [5.74, 6) is -2.24. The Balaban J connectivity index is 2.42. The first-order valence-corrected chi connectivity index (χ1v) is 6.69. The van der Waals surface area contributed by atoms with E-state index in [1.54, 1.807) is 0 Å². The van der Waals surface area contributed by atoms with Crippen LogP contribution in [0.25, 0.3) is 0 Å². The van der Waals surface area contributed by atoms with Crippen LogP contribution in [0.1, 0.15) is 39.0 Å². The van der Waals surface area contributed by atoms with Gasteiger partial charge >= 0.3 is 0 Å². The largest absolute Gasteiger partial charge is 0.313 e. The van der Waals surface area contributed by atoms with Gasteiger partial charge in [-0.15, -0.1) is 0 Å². The Kier molecular flexibility index (Phi) is 5.80. The van der Waals surface area contributed by atoms with Gasteiger partial charge in [0.25, 0.3) is 0 Å². The third kappa shape index (κ3) is 5.77. The second-order valence-corrected chi connectivity index (χ2v) is 5.57. The van der Waals surface area contributed by atoms with Gasteiger partial charge in [0.1, 0.15) is 0 Å². The van der Waals surface area contributed by atoms with Crippen molar-refractivity contribution in [2.24, 2.45) is 5.92 Å². The number of halogens is 2. The van der Waals surface area contributed by atoms with Gasteiger partial charge in [0.2, 0.25) is 5.92 Å². The molecule has 1 saturated carbocycles. The van der Waals surface area contributed by atoms with Crippen molar-refractivity contribution in [1.82, 2.24) is 10.2 Å². The first kappa shape index (κ1) is 14.8. The SMILES string of the molecule is CCNC(CC1CCCC(F)(F)C1)CN(C)C. The van der Waals surface area contributed by atoms with Crippen LogP contribution >= 0.6 is 0 Å². The monoisotopic (exact) mass is 248 g/mol. The average Bonchev–Trinajstić information content (AvgIpc) is 2.15. The maximum Gasteiger partial charge on any atom is 0.248 e. The van der Waals surface area contributed by atoms with Crippen molar-refractivity contribution in [3.05, 3.63) is 0 Å². The number of nitrogens with zero attached hydrogens (tertiary/aromatic N) is 1. The minimum absolute atomic E-state index is 0.0856. The minimum Gasteiger partial charge on any atom is -0.313 e. The summed E-state index contributed by atoms with van der Waals surface area (Å²) in [5.41, 5.74) is 0. The Labute approximate surface area is 104 Å². The quantitative estimate of drug-likeness (QED) is 0.777. The van der Waals surface area contributed by atoms with Gasteiger partial charge in [-0.1, -0.05) is 6.92 Å². The maximum atomic E-state index is 13.3. The van der Waals surface area contributed by atoms with Gasteiger partial charge in [-0.25, -0.2) is 8.78 Å². The highest BCUT2D eigenvalue weighted by atomic mass is 19.3. The molecule has 2 atom stereocenters. The molecule has 0 aliphatic heterocycles. The smallest absolute Gasteiger partial charge is 0.248 e. The summed E-state index contributed by atoms with van der Waals surface area (Å²) in [6.07, 6.45) is 2.69. The van der Waals surface area contributed by atoms with E-state index >= 15 is 0 Å². The average molecular weight is 248 g/mol. The van der Waals surface area contributed by atoms with E-state index in [1.165, 1.54) is 0 Å². The summed E-state index contributed by atoms with van der Waals surface area (Å²) in [6.45, 7) is 3.90. The zero-order valence-corrected chi connectivity index (χ0v) is 11.3. The molecule has 1 rings (SSSR count). The molecule has 1 aliphatic carbocycles. The predicted octanol–water partition coefficient (Wildman–Crippen LogP) is 2.74. The predicted molar refractivity (Wildman–Crippen MR) is 67.5 cm³/mol. The minimum atomic E-state index is -2.42. The zero-order chi connectivity index (χ0) is 12.9. The number of alkyl halides is 2. The van der Waals surface area contributed by atoms with E-state index in [0.29, 0.717) is 12.5 Å².